The molecule has 3 unspecified atom stereocenters. The SMILES string of the molecule is COc1ccc(OC)c(C2Nc3ccc(I)cc3C3C=CCC32)c1. The van der Waals surface area contributed by atoms with Crippen molar-refractivity contribution >= 4 is 28.3 Å². The molecule has 0 amide bonds. The van der Waals surface area contributed by atoms with Crippen LogP contribution in [0.4, 0.5) is 5.69 Å². The van der Waals surface area contributed by atoms with Crippen molar-refractivity contribution in [2.45, 2.75) is 18.4 Å². The number of hydrogen-bond donors (Lipinski definition) is 1. The Morgan fingerprint density at radius 2 is 1.92 bits per heavy atom. The summed E-state index contributed by atoms with van der Waals surface area (Å²) in [5.41, 5.74) is 3.79. The van der Waals surface area contributed by atoms with E-state index in [1.807, 2.05) is 12.1 Å². The molecular formula is C20H20INO2. The van der Waals surface area contributed by atoms with Crippen molar-refractivity contribution in [3.63, 3.8) is 0 Å². The van der Waals surface area contributed by atoms with Crippen LogP contribution in [0.1, 0.15) is 29.5 Å². The predicted molar refractivity (Wildman–Crippen MR) is 105 cm³/mol. The minimum atomic E-state index is 0.211. The third-order valence-corrected chi connectivity index (χ3v) is 5.77. The fraction of sp³-hybridized carbons (Fsp3) is 0.300. The zero-order valence-corrected chi connectivity index (χ0v) is 15.9. The van der Waals surface area contributed by atoms with Gasteiger partial charge in [0, 0.05) is 20.7 Å². The smallest absolute Gasteiger partial charge is 0.124 e. The van der Waals surface area contributed by atoms with E-state index in [9.17, 15) is 0 Å². The Morgan fingerprint density at radius 1 is 1.04 bits per heavy atom. The highest BCUT2D eigenvalue weighted by Gasteiger charge is 2.39. The molecule has 4 rings (SSSR count). The zero-order chi connectivity index (χ0) is 16.7. The van der Waals surface area contributed by atoms with Crippen molar-refractivity contribution in [2.24, 2.45) is 5.92 Å². The molecule has 1 N–H and O–H groups in total. The van der Waals surface area contributed by atoms with Crippen LogP contribution in [0, 0.1) is 9.49 Å². The van der Waals surface area contributed by atoms with E-state index in [0.29, 0.717) is 11.8 Å². The van der Waals surface area contributed by atoms with Gasteiger partial charge in [-0.15, -0.1) is 0 Å². The summed E-state index contributed by atoms with van der Waals surface area (Å²) in [6.07, 6.45) is 5.75. The molecule has 3 nitrogen and oxygen atoms in total. The number of benzene rings is 2. The number of rotatable bonds is 3. The lowest BCUT2D eigenvalue weighted by Crippen LogP contribution is -2.29. The fourth-order valence-electron chi connectivity index (χ4n) is 3.96. The Bertz CT molecular complexity index is 802. The molecule has 0 radical (unpaired) electrons. The Kier molecular flexibility index (Phi) is 4.16. The maximum atomic E-state index is 5.64. The maximum Gasteiger partial charge on any atom is 0.124 e. The molecule has 24 heavy (non-hydrogen) atoms. The molecule has 0 fully saturated rings. The average molecular weight is 433 g/mol. The highest BCUT2D eigenvalue weighted by Crippen LogP contribution is 2.51. The number of methoxy groups -OCH3 is 2. The lowest BCUT2D eigenvalue weighted by atomic mass is 9.77. The Labute approximate surface area is 156 Å². The van der Waals surface area contributed by atoms with Gasteiger partial charge < -0.3 is 14.8 Å². The van der Waals surface area contributed by atoms with E-state index < -0.39 is 0 Å². The van der Waals surface area contributed by atoms with Gasteiger partial charge in [-0.2, -0.15) is 0 Å². The third kappa shape index (κ3) is 2.57. The topological polar surface area (TPSA) is 30.5 Å². The molecule has 124 valence electrons. The monoisotopic (exact) mass is 433 g/mol. The van der Waals surface area contributed by atoms with Crippen LogP contribution in [0.2, 0.25) is 0 Å². The van der Waals surface area contributed by atoms with Crippen molar-refractivity contribution in [3.8, 4) is 11.5 Å². The normalized spacial score (nSPS) is 24.0. The highest BCUT2D eigenvalue weighted by atomic mass is 127. The molecule has 0 spiro atoms. The van der Waals surface area contributed by atoms with Gasteiger partial charge in [0.05, 0.1) is 20.3 Å². The standard InChI is InChI=1S/C20H20INO2/c1-23-13-7-9-19(24-2)17(11-13)20-15-5-3-4-14(15)16-10-12(21)6-8-18(16)22-20/h3-4,6-11,14-15,20,22H,5H2,1-2H3. The Morgan fingerprint density at radius 3 is 2.71 bits per heavy atom. The van der Waals surface area contributed by atoms with Gasteiger partial charge >= 0.3 is 0 Å². The molecule has 4 heteroatoms. The van der Waals surface area contributed by atoms with E-state index in [4.69, 9.17) is 9.47 Å². The van der Waals surface area contributed by atoms with Crippen molar-refractivity contribution in [1.29, 1.82) is 0 Å². The molecule has 0 saturated carbocycles. The summed E-state index contributed by atoms with van der Waals surface area (Å²) in [4.78, 5) is 0. The van der Waals surface area contributed by atoms with E-state index in [-0.39, 0.29) is 6.04 Å². The Balaban J connectivity index is 1.81. The minimum absolute atomic E-state index is 0.211. The van der Waals surface area contributed by atoms with Crippen LogP contribution in [0.3, 0.4) is 0 Å². The Hall–Kier alpha value is -1.69. The molecular weight excluding hydrogens is 413 g/mol. The molecule has 0 bridgehead atoms. The second-order valence-electron chi connectivity index (χ2n) is 6.31. The molecule has 1 aliphatic carbocycles. The minimum Gasteiger partial charge on any atom is -0.497 e. The van der Waals surface area contributed by atoms with E-state index in [0.717, 1.165) is 17.9 Å². The van der Waals surface area contributed by atoms with Crippen molar-refractivity contribution in [3.05, 3.63) is 63.2 Å². The summed E-state index contributed by atoms with van der Waals surface area (Å²) in [5, 5.41) is 3.76. The number of fused-ring (bicyclic) bond motifs is 3. The molecule has 2 aromatic rings. The van der Waals surface area contributed by atoms with Crippen LogP contribution in [0.15, 0.2) is 48.6 Å². The lowest BCUT2D eigenvalue weighted by molar-refractivity contribution is 0.374. The van der Waals surface area contributed by atoms with Crippen molar-refractivity contribution in [1.82, 2.24) is 0 Å². The van der Waals surface area contributed by atoms with Crippen LogP contribution in [-0.2, 0) is 0 Å². The fourth-order valence-corrected chi connectivity index (χ4v) is 4.47. The summed E-state index contributed by atoms with van der Waals surface area (Å²) in [7, 11) is 3.44. The first kappa shape index (κ1) is 15.8. The lowest BCUT2D eigenvalue weighted by Gasteiger charge is -2.38. The van der Waals surface area contributed by atoms with Crippen LogP contribution < -0.4 is 14.8 Å². The van der Waals surface area contributed by atoms with Crippen molar-refractivity contribution in [2.75, 3.05) is 19.5 Å². The summed E-state index contributed by atoms with van der Waals surface area (Å²) in [6.45, 7) is 0. The second-order valence-corrected chi connectivity index (χ2v) is 7.56. The van der Waals surface area contributed by atoms with Gasteiger partial charge in [-0.1, -0.05) is 12.2 Å². The molecule has 0 saturated heterocycles. The first-order valence-electron chi connectivity index (χ1n) is 8.16. The molecule has 2 aliphatic rings. The van der Waals surface area contributed by atoms with Crippen LogP contribution in [0.25, 0.3) is 0 Å². The molecule has 0 aromatic heterocycles. The van der Waals surface area contributed by atoms with Gasteiger partial charge in [0.15, 0.2) is 0 Å². The molecule has 1 heterocycles. The molecule has 3 atom stereocenters. The second kappa shape index (κ2) is 6.31. The molecule has 1 aliphatic heterocycles. The maximum absolute atomic E-state index is 5.64. The summed E-state index contributed by atoms with van der Waals surface area (Å²) in [6, 6.07) is 12.9. The number of hydrogen-bond acceptors (Lipinski definition) is 3. The third-order valence-electron chi connectivity index (χ3n) is 5.10. The summed E-state index contributed by atoms with van der Waals surface area (Å²) < 4.78 is 12.4. The van der Waals surface area contributed by atoms with Gasteiger partial charge in [-0.25, -0.2) is 0 Å². The van der Waals surface area contributed by atoms with E-state index in [1.54, 1.807) is 14.2 Å². The number of allylic oxidation sites excluding steroid dienone is 2. The van der Waals surface area contributed by atoms with Crippen LogP contribution >= 0.6 is 22.6 Å². The van der Waals surface area contributed by atoms with Crippen molar-refractivity contribution < 1.29 is 9.47 Å². The largest absolute Gasteiger partial charge is 0.497 e. The van der Waals surface area contributed by atoms with Gasteiger partial charge in [0.1, 0.15) is 11.5 Å². The highest BCUT2D eigenvalue weighted by molar-refractivity contribution is 14.1. The van der Waals surface area contributed by atoms with E-state index in [1.165, 1.54) is 20.4 Å². The van der Waals surface area contributed by atoms with Gasteiger partial charge in [0.2, 0.25) is 0 Å². The van der Waals surface area contributed by atoms with Gasteiger partial charge in [-0.3, -0.25) is 0 Å². The quantitative estimate of drug-likeness (QED) is 0.538. The first-order valence-corrected chi connectivity index (χ1v) is 9.23. The first-order chi connectivity index (χ1) is 11.7. The predicted octanol–water partition coefficient (Wildman–Crippen LogP) is 5.13. The van der Waals surface area contributed by atoms with Crippen LogP contribution in [0.5, 0.6) is 11.5 Å². The number of halogens is 1. The number of nitrogens with one attached hydrogen (secondary N) is 1. The van der Waals surface area contributed by atoms with Crippen LogP contribution in [-0.4, -0.2) is 14.2 Å². The number of ether oxygens (including phenoxy) is 2. The molecule has 2 aromatic carbocycles. The summed E-state index contributed by atoms with van der Waals surface area (Å²) in [5.74, 6) is 2.73. The number of anilines is 1. The van der Waals surface area contributed by atoms with E-state index in [2.05, 4.69) is 64.3 Å². The summed E-state index contributed by atoms with van der Waals surface area (Å²) >= 11 is 2.39. The van der Waals surface area contributed by atoms with E-state index >= 15 is 0 Å². The van der Waals surface area contributed by atoms with Gasteiger partial charge in [0.25, 0.3) is 0 Å². The zero-order valence-electron chi connectivity index (χ0n) is 13.8. The van der Waals surface area contributed by atoms with Gasteiger partial charge in [-0.05, 0) is 76.9 Å². The average Bonchev–Trinajstić information content (AvgIpc) is 3.10.